The molecule has 18 heavy (non-hydrogen) atoms. The van der Waals surface area contributed by atoms with Crippen molar-refractivity contribution < 1.29 is 0 Å². The zero-order valence-corrected chi connectivity index (χ0v) is 11.8. The first-order valence-electron chi connectivity index (χ1n) is 6.26. The number of thiocarbonyl (C=S) groups is 1. The van der Waals surface area contributed by atoms with Gasteiger partial charge in [0.15, 0.2) is 5.82 Å². The summed E-state index contributed by atoms with van der Waals surface area (Å²) in [5, 5.41) is 3.24. The number of rotatable bonds is 8. The highest BCUT2D eigenvalue weighted by Gasteiger charge is 2.07. The van der Waals surface area contributed by atoms with Crippen molar-refractivity contribution in [1.29, 1.82) is 0 Å². The Labute approximate surface area is 114 Å². The van der Waals surface area contributed by atoms with E-state index in [1.54, 1.807) is 12.4 Å². The molecule has 1 rings (SSSR count). The van der Waals surface area contributed by atoms with Gasteiger partial charge in [0.1, 0.15) is 10.7 Å². The number of nitrogens with one attached hydrogen (secondary N) is 1. The average molecular weight is 267 g/mol. The number of aromatic nitrogens is 2. The molecule has 0 unspecified atom stereocenters. The summed E-state index contributed by atoms with van der Waals surface area (Å²) in [4.78, 5) is 11.0. The van der Waals surface area contributed by atoms with E-state index in [-0.39, 0.29) is 4.99 Å². The third kappa shape index (κ3) is 4.54. The highest BCUT2D eigenvalue weighted by atomic mass is 32.1. The van der Waals surface area contributed by atoms with E-state index in [9.17, 15) is 0 Å². The topological polar surface area (TPSA) is 67.1 Å². The molecule has 0 radical (unpaired) electrons. The van der Waals surface area contributed by atoms with Gasteiger partial charge in [0.05, 0.1) is 0 Å². The molecule has 0 aliphatic rings. The standard InChI is InChI=1S/C12H21N5S/c1-3-8-17(4-2)9-7-16-12-10(11(13)18)14-5-6-15-12/h5-6H,3-4,7-9H2,1-2H3,(H2,13,18)(H,15,16). The van der Waals surface area contributed by atoms with E-state index < -0.39 is 0 Å². The summed E-state index contributed by atoms with van der Waals surface area (Å²) in [7, 11) is 0. The Kier molecular flexibility index (Phi) is 6.53. The maximum absolute atomic E-state index is 5.60. The molecule has 100 valence electrons. The van der Waals surface area contributed by atoms with Crippen LogP contribution in [0.5, 0.6) is 0 Å². The van der Waals surface area contributed by atoms with Gasteiger partial charge in [-0.3, -0.25) is 0 Å². The van der Waals surface area contributed by atoms with Crippen molar-refractivity contribution in [2.24, 2.45) is 5.73 Å². The van der Waals surface area contributed by atoms with Crippen LogP contribution in [0.1, 0.15) is 26.0 Å². The van der Waals surface area contributed by atoms with E-state index in [1.807, 2.05) is 0 Å². The fraction of sp³-hybridized carbons (Fsp3) is 0.583. The normalized spacial score (nSPS) is 10.6. The van der Waals surface area contributed by atoms with Crippen LogP contribution in [0.2, 0.25) is 0 Å². The van der Waals surface area contributed by atoms with Gasteiger partial charge in [0, 0.05) is 25.5 Å². The van der Waals surface area contributed by atoms with Crippen molar-refractivity contribution in [3.63, 3.8) is 0 Å². The molecule has 1 heterocycles. The molecule has 6 heteroatoms. The Morgan fingerprint density at radius 1 is 1.33 bits per heavy atom. The Morgan fingerprint density at radius 2 is 2.06 bits per heavy atom. The molecule has 0 spiro atoms. The molecule has 5 nitrogen and oxygen atoms in total. The van der Waals surface area contributed by atoms with Crippen LogP contribution in [0.4, 0.5) is 5.82 Å². The number of nitrogens with zero attached hydrogens (tertiary/aromatic N) is 3. The zero-order valence-electron chi connectivity index (χ0n) is 11.0. The van der Waals surface area contributed by atoms with Gasteiger partial charge in [-0.25, -0.2) is 9.97 Å². The first-order chi connectivity index (χ1) is 8.69. The van der Waals surface area contributed by atoms with Crippen LogP contribution in [0, 0.1) is 0 Å². The highest BCUT2D eigenvalue weighted by Crippen LogP contribution is 2.07. The molecule has 0 aromatic carbocycles. The van der Waals surface area contributed by atoms with E-state index in [1.165, 1.54) is 0 Å². The fourth-order valence-corrected chi connectivity index (χ4v) is 1.87. The minimum Gasteiger partial charge on any atom is -0.388 e. The van der Waals surface area contributed by atoms with Crippen LogP contribution in [0.15, 0.2) is 12.4 Å². The SMILES string of the molecule is CCCN(CC)CCNc1nccnc1C(N)=S. The molecule has 0 atom stereocenters. The summed E-state index contributed by atoms with van der Waals surface area (Å²) in [5.74, 6) is 0.664. The number of likely N-dealkylation sites (N-methyl/N-ethyl adjacent to an activating group) is 1. The van der Waals surface area contributed by atoms with Crippen LogP contribution >= 0.6 is 12.2 Å². The van der Waals surface area contributed by atoms with Gasteiger partial charge in [-0.1, -0.05) is 26.1 Å². The lowest BCUT2D eigenvalue weighted by atomic mass is 10.3. The molecule has 0 saturated carbocycles. The third-order valence-corrected chi connectivity index (χ3v) is 2.83. The summed E-state index contributed by atoms with van der Waals surface area (Å²) in [6.45, 7) is 8.29. The Morgan fingerprint density at radius 3 is 2.67 bits per heavy atom. The molecule has 0 saturated heterocycles. The van der Waals surface area contributed by atoms with Crippen molar-refractivity contribution in [2.45, 2.75) is 20.3 Å². The summed E-state index contributed by atoms with van der Waals surface area (Å²) < 4.78 is 0. The quantitative estimate of drug-likeness (QED) is 0.691. The highest BCUT2D eigenvalue weighted by molar-refractivity contribution is 7.80. The van der Waals surface area contributed by atoms with E-state index in [0.717, 1.165) is 32.6 Å². The summed E-state index contributed by atoms with van der Waals surface area (Å²) >= 11 is 4.94. The maximum atomic E-state index is 5.60. The van der Waals surface area contributed by atoms with Gasteiger partial charge in [0.2, 0.25) is 0 Å². The first-order valence-corrected chi connectivity index (χ1v) is 6.66. The van der Waals surface area contributed by atoms with E-state index >= 15 is 0 Å². The van der Waals surface area contributed by atoms with Crippen LogP contribution in [-0.4, -0.2) is 46.0 Å². The molecular weight excluding hydrogens is 246 g/mol. The van der Waals surface area contributed by atoms with Crippen LogP contribution in [0.3, 0.4) is 0 Å². The first kappa shape index (κ1) is 14.8. The second kappa shape index (κ2) is 7.94. The van der Waals surface area contributed by atoms with Crippen LogP contribution in [0.25, 0.3) is 0 Å². The van der Waals surface area contributed by atoms with Gasteiger partial charge in [-0.2, -0.15) is 0 Å². The predicted octanol–water partition coefficient (Wildman–Crippen LogP) is 1.25. The molecule has 0 aliphatic heterocycles. The molecule has 1 aromatic heterocycles. The van der Waals surface area contributed by atoms with Gasteiger partial charge >= 0.3 is 0 Å². The molecule has 0 bridgehead atoms. The minimum absolute atomic E-state index is 0.270. The Bertz CT molecular complexity index is 382. The molecule has 1 aromatic rings. The van der Waals surface area contributed by atoms with E-state index in [0.29, 0.717) is 11.5 Å². The predicted molar refractivity (Wildman–Crippen MR) is 78.8 cm³/mol. The molecule has 0 fully saturated rings. The second-order valence-electron chi connectivity index (χ2n) is 3.98. The maximum Gasteiger partial charge on any atom is 0.155 e. The van der Waals surface area contributed by atoms with E-state index in [2.05, 4.69) is 34.0 Å². The lowest BCUT2D eigenvalue weighted by Gasteiger charge is -2.19. The molecular formula is C12H21N5S. The average Bonchev–Trinajstić information content (AvgIpc) is 2.38. The van der Waals surface area contributed by atoms with Crippen molar-refractivity contribution in [2.75, 3.05) is 31.5 Å². The minimum atomic E-state index is 0.270. The summed E-state index contributed by atoms with van der Waals surface area (Å²) in [5.41, 5.74) is 6.16. The summed E-state index contributed by atoms with van der Waals surface area (Å²) in [6, 6.07) is 0. The summed E-state index contributed by atoms with van der Waals surface area (Å²) in [6.07, 6.45) is 4.39. The van der Waals surface area contributed by atoms with Crippen LogP contribution in [-0.2, 0) is 0 Å². The van der Waals surface area contributed by atoms with Gasteiger partial charge in [-0.05, 0) is 19.5 Å². The second-order valence-corrected chi connectivity index (χ2v) is 4.42. The third-order valence-electron chi connectivity index (χ3n) is 2.64. The smallest absolute Gasteiger partial charge is 0.155 e. The lowest BCUT2D eigenvalue weighted by molar-refractivity contribution is 0.300. The van der Waals surface area contributed by atoms with Crippen molar-refractivity contribution >= 4 is 23.0 Å². The van der Waals surface area contributed by atoms with Crippen molar-refractivity contribution in [3.8, 4) is 0 Å². The van der Waals surface area contributed by atoms with Gasteiger partial charge in [-0.15, -0.1) is 0 Å². The molecule has 0 amide bonds. The number of hydrogen-bond acceptors (Lipinski definition) is 5. The fourth-order valence-electron chi connectivity index (χ4n) is 1.72. The number of nitrogens with two attached hydrogens (primary N) is 1. The Hall–Kier alpha value is -1.27. The number of hydrogen-bond donors (Lipinski definition) is 2. The largest absolute Gasteiger partial charge is 0.388 e. The molecule has 0 aliphatic carbocycles. The monoisotopic (exact) mass is 267 g/mol. The van der Waals surface area contributed by atoms with Gasteiger partial charge < -0.3 is 16.0 Å². The van der Waals surface area contributed by atoms with E-state index in [4.69, 9.17) is 18.0 Å². The van der Waals surface area contributed by atoms with Crippen LogP contribution < -0.4 is 11.1 Å². The zero-order chi connectivity index (χ0) is 13.4. The Balaban J connectivity index is 2.50. The van der Waals surface area contributed by atoms with Crippen molar-refractivity contribution in [3.05, 3.63) is 18.1 Å². The number of anilines is 1. The van der Waals surface area contributed by atoms with Crippen molar-refractivity contribution in [1.82, 2.24) is 14.9 Å². The van der Waals surface area contributed by atoms with Gasteiger partial charge in [0.25, 0.3) is 0 Å². The lowest BCUT2D eigenvalue weighted by Crippen LogP contribution is -2.30. The molecule has 3 N–H and O–H groups in total.